The summed E-state index contributed by atoms with van der Waals surface area (Å²) < 4.78 is 49.3. The van der Waals surface area contributed by atoms with Crippen molar-refractivity contribution in [3.05, 3.63) is 101 Å². The second-order valence-electron chi connectivity index (χ2n) is 8.49. The number of hydrogen-bond acceptors (Lipinski definition) is 1. The van der Waals surface area contributed by atoms with Crippen LogP contribution in [0.4, 0.5) is 13.2 Å². The van der Waals surface area contributed by atoms with Gasteiger partial charge in [0.25, 0.3) is 0 Å². The quantitative estimate of drug-likeness (QED) is 0.352. The smallest absolute Gasteiger partial charge is 0.167 e. The van der Waals surface area contributed by atoms with Crippen LogP contribution in [0.25, 0.3) is 22.3 Å². The van der Waals surface area contributed by atoms with Crippen molar-refractivity contribution in [2.45, 2.75) is 33.1 Å². The van der Waals surface area contributed by atoms with Crippen LogP contribution in [-0.2, 0) is 6.42 Å². The normalized spacial score (nSPS) is 15.7. The SMILES string of the molecule is CCCc1ccc(-c2ccc(-c3ccc(OCC4=CCC(C)C(F)=C4)cc3)c(F)c2F)cc1. The molecule has 1 atom stereocenters. The van der Waals surface area contributed by atoms with Crippen LogP contribution in [0, 0.1) is 17.6 Å². The van der Waals surface area contributed by atoms with Crippen LogP contribution in [0.15, 0.2) is 84.2 Å². The summed E-state index contributed by atoms with van der Waals surface area (Å²) in [5, 5.41) is 0. The fourth-order valence-electron chi connectivity index (χ4n) is 3.95. The minimum atomic E-state index is -0.874. The van der Waals surface area contributed by atoms with Gasteiger partial charge in [0.2, 0.25) is 0 Å². The number of allylic oxidation sites excluding steroid dienone is 2. The highest BCUT2D eigenvalue weighted by Crippen LogP contribution is 2.32. The van der Waals surface area contributed by atoms with E-state index in [1.807, 2.05) is 37.3 Å². The van der Waals surface area contributed by atoms with Gasteiger partial charge in [-0.1, -0.05) is 74.9 Å². The maximum Gasteiger partial charge on any atom is 0.167 e. The molecule has 0 aliphatic heterocycles. The number of rotatable bonds is 7. The van der Waals surface area contributed by atoms with Crippen LogP contribution in [0.1, 0.15) is 32.3 Å². The molecular weight excluding hydrogens is 421 g/mol. The van der Waals surface area contributed by atoms with Gasteiger partial charge in [-0.3, -0.25) is 0 Å². The zero-order valence-electron chi connectivity index (χ0n) is 18.9. The Hall–Kier alpha value is -3.27. The predicted octanol–water partition coefficient (Wildman–Crippen LogP) is 8.45. The number of ether oxygens (including phenoxy) is 1. The van der Waals surface area contributed by atoms with Crippen LogP contribution in [0.3, 0.4) is 0 Å². The molecule has 0 N–H and O–H groups in total. The van der Waals surface area contributed by atoms with Crippen LogP contribution in [0.5, 0.6) is 5.75 Å². The average molecular weight is 449 g/mol. The van der Waals surface area contributed by atoms with Crippen LogP contribution in [0.2, 0.25) is 0 Å². The number of benzene rings is 3. The molecule has 0 radical (unpaired) electrons. The molecular formula is C29H27F3O. The molecule has 4 rings (SSSR count). The Morgan fingerprint density at radius 3 is 1.94 bits per heavy atom. The van der Waals surface area contributed by atoms with E-state index in [0.717, 1.165) is 18.4 Å². The predicted molar refractivity (Wildman–Crippen MR) is 128 cm³/mol. The van der Waals surface area contributed by atoms with Crippen molar-refractivity contribution in [2.24, 2.45) is 5.92 Å². The molecule has 0 spiro atoms. The summed E-state index contributed by atoms with van der Waals surface area (Å²) in [6.45, 7) is 4.21. The summed E-state index contributed by atoms with van der Waals surface area (Å²) in [7, 11) is 0. The molecule has 1 nitrogen and oxygen atoms in total. The van der Waals surface area contributed by atoms with Crippen molar-refractivity contribution >= 4 is 0 Å². The van der Waals surface area contributed by atoms with Crippen LogP contribution >= 0.6 is 0 Å². The molecule has 0 saturated carbocycles. The highest BCUT2D eigenvalue weighted by atomic mass is 19.2. The van der Waals surface area contributed by atoms with Crippen molar-refractivity contribution in [2.75, 3.05) is 6.61 Å². The molecule has 3 aromatic carbocycles. The van der Waals surface area contributed by atoms with Gasteiger partial charge in [0.1, 0.15) is 18.2 Å². The van der Waals surface area contributed by atoms with Gasteiger partial charge in [0, 0.05) is 17.0 Å². The molecule has 1 aliphatic carbocycles. The third-order valence-electron chi connectivity index (χ3n) is 5.98. The molecule has 1 unspecified atom stereocenters. The molecule has 170 valence electrons. The van der Waals surface area contributed by atoms with Gasteiger partial charge in [0.05, 0.1) is 0 Å². The first-order valence-electron chi connectivity index (χ1n) is 11.3. The lowest BCUT2D eigenvalue weighted by Crippen LogP contribution is -2.06. The minimum absolute atomic E-state index is 0.0878. The molecule has 0 aromatic heterocycles. The first kappa shape index (κ1) is 22.9. The summed E-state index contributed by atoms with van der Waals surface area (Å²) in [6, 6.07) is 17.6. The van der Waals surface area contributed by atoms with E-state index in [4.69, 9.17) is 4.74 Å². The standard InChI is InChI=1S/C29H27F3O/c1-3-4-20-7-9-22(10-8-20)25-15-16-26(29(32)28(25)31)23-11-13-24(14-12-23)33-18-21-6-5-19(2)27(30)17-21/h6-17,19H,3-5,18H2,1-2H3. The van der Waals surface area contributed by atoms with Gasteiger partial charge in [0.15, 0.2) is 11.6 Å². The molecule has 0 saturated heterocycles. The molecule has 4 heteroatoms. The fourth-order valence-corrected chi connectivity index (χ4v) is 3.95. The molecule has 0 heterocycles. The van der Waals surface area contributed by atoms with E-state index >= 15 is 0 Å². The van der Waals surface area contributed by atoms with Crippen molar-refractivity contribution in [1.82, 2.24) is 0 Å². The molecule has 0 amide bonds. The van der Waals surface area contributed by atoms with E-state index in [1.54, 1.807) is 36.4 Å². The minimum Gasteiger partial charge on any atom is -0.489 e. The Kier molecular flexibility index (Phi) is 7.02. The van der Waals surface area contributed by atoms with Crippen molar-refractivity contribution in [1.29, 1.82) is 0 Å². The summed E-state index contributed by atoms with van der Waals surface area (Å²) in [5.41, 5.74) is 3.62. The summed E-state index contributed by atoms with van der Waals surface area (Å²) >= 11 is 0. The van der Waals surface area contributed by atoms with E-state index in [2.05, 4.69) is 6.92 Å². The monoisotopic (exact) mass is 448 g/mol. The lowest BCUT2D eigenvalue weighted by atomic mass is 9.97. The highest BCUT2D eigenvalue weighted by Gasteiger charge is 2.17. The van der Waals surface area contributed by atoms with E-state index in [0.29, 0.717) is 23.3 Å². The van der Waals surface area contributed by atoms with E-state index in [9.17, 15) is 13.2 Å². The Bertz CT molecular complexity index is 1170. The van der Waals surface area contributed by atoms with Crippen molar-refractivity contribution in [3.63, 3.8) is 0 Å². The maximum absolute atomic E-state index is 14.9. The lowest BCUT2D eigenvalue weighted by molar-refractivity contribution is 0.351. The highest BCUT2D eigenvalue weighted by molar-refractivity contribution is 5.72. The van der Waals surface area contributed by atoms with Crippen molar-refractivity contribution in [3.8, 4) is 28.0 Å². The molecule has 3 aromatic rings. The number of hydrogen-bond donors (Lipinski definition) is 0. The van der Waals surface area contributed by atoms with Gasteiger partial charge in [-0.15, -0.1) is 0 Å². The van der Waals surface area contributed by atoms with Gasteiger partial charge < -0.3 is 4.74 Å². The zero-order chi connectivity index (χ0) is 23.4. The van der Waals surface area contributed by atoms with Crippen molar-refractivity contribution < 1.29 is 17.9 Å². The molecule has 0 bridgehead atoms. The largest absolute Gasteiger partial charge is 0.489 e. The summed E-state index contributed by atoms with van der Waals surface area (Å²) in [5.74, 6) is -1.37. The molecule has 1 aliphatic rings. The Morgan fingerprint density at radius 2 is 1.39 bits per heavy atom. The second-order valence-corrected chi connectivity index (χ2v) is 8.49. The first-order valence-corrected chi connectivity index (χ1v) is 11.3. The molecule has 0 fully saturated rings. The van der Waals surface area contributed by atoms with Gasteiger partial charge >= 0.3 is 0 Å². The topological polar surface area (TPSA) is 9.23 Å². The Morgan fingerprint density at radius 1 is 0.818 bits per heavy atom. The summed E-state index contributed by atoms with van der Waals surface area (Å²) in [4.78, 5) is 0. The maximum atomic E-state index is 14.9. The van der Waals surface area contributed by atoms with Gasteiger partial charge in [-0.25, -0.2) is 13.2 Å². The first-order chi connectivity index (χ1) is 16.0. The van der Waals surface area contributed by atoms with E-state index < -0.39 is 11.6 Å². The van der Waals surface area contributed by atoms with E-state index in [1.165, 1.54) is 11.6 Å². The zero-order valence-corrected chi connectivity index (χ0v) is 18.9. The van der Waals surface area contributed by atoms with Crippen LogP contribution < -0.4 is 4.74 Å². The lowest BCUT2D eigenvalue weighted by Gasteiger charge is -2.15. The van der Waals surface area contributed by atoms with Gasteiger partial charge in [-0.05, 0) is 53.3 Å². The fraction of sp³-hybridized carbons (Fsp3) is 0.241. The summed E-state index contributed by atoms with van der Waals surface area (Å²) in [6.07, 6.45) is 6.14. The second kappa shape index (κ2) is 10.1. The van der Waals surface area contributed by atoms with Crippen LogP contribution in [-0.4, -0.2) is 6.61 Å². The van der Waals surface area contributed by atoms with E-state index in [-0.39, 0.29) is 29.5 Å². The Balaban J connectivity index is 1.48. The van der Waals surface area contributed by atoms with Gasteiger partial charge in [-0.2, -0.15) is 0 Å². The molecule has 33 heavy (non-hydrogen) atoms. The number of halogens is 3. The number of aryl methyl sites for hydroxylation is 1. The average Bonchev–Trinajstić information content (AvgIpc) is 2.83. The third-order valence-corrected chi connectivity index (χ3v) is 5.98. The third kappa shape index (κ3) is 5.22. The Labute approximate surface area is 193 Å².